The van der Waals surface area contributed by atoms with Gasteiger partial charge in [-0.1, -0.05) is 45.6 Å². The standard InChI is InChI=1S/C6H14O.C5H10/c1-2-3-4-5-6-7;1-3-5-4-2/h7H,2-6H2,1H3;3H,1,4-5H2,2H3. The molecule has 0 saturated carbocycles. The van der Waals surface area contributed by atoms with E-state index in [1.165, 1.54) is 25.7 Å². The van der Waals surface area contributed by atoms with E-state index in [4.69, 9.17) is 5.11 Å². The molecule has 0 aromatic rings. The van der Waals surface area contributed by atoms with Gasteiger partial charge in [-0.2, -0.15) is 0 Å². The third-order valence-electron chi connectivity index (χ3n) is 1.50. The number of hydrogen-bond donors (Lipinski definition) is 1. The molecule has 0 aromatic carbocycles. The summed E-state index contributed by atoms with van der Waals surface area (Å²) in [6.45, 7) is 8.22. The van der Waals surface area contributed by atoms with Gasteiger partial charge in [0.05, 0.1) is 0 Å². The lowest BCUT2D eigenvalue weighted by atomic mass is 10.2. The van der Waals surface area contributed by atoms with Crippen molar-refractivity contribution >= 4 is 0 Å². The van der Waals surface area contributed by atoms with Gasteiger partial charge in [-0.15, -0.1) is 6.58 Å². The lowest BCUT2D eigenvalue weighted by molar-refractivity contribution is 0.283. The van der Waals surface area contributed by atoms with Crippen LogP contribution in [0.1, 0.15) is 52.4 Å². The van der Waals surface area contributed by atoms with Crippen LogP contribution in [0.25, 0.3) is 0 Å². The maximum atomic E-state index is 8.29. The van der Waals surface area contributed by atoms with Crippen LogP contribution in [-0.4, -0.2) is 11.7 Å². The molecule has 74 valence electrons. The van der Waals surface area contributed by atoms with Crippen molar-refractivity contribution in [2.24, 2.45) is 0 Å². The summed E-state index contributed by atoms with van der Waals surface area (Å²) in [6, 6.07) is 0. The zero-order chi connectivity index (χ0) is 9.66. The maximum absolute atomic E-state index is 8.29. The predicted molar refractivity (Wildman–Crippen MR) is 56.3 cm³/mol. The van der Waals surface area contributed by atoms with Crippen molar-refractivity contribution in [3.8, 4) is 0 Å². The molecule has 0 atom stereocenters. The van der Waals surface area contributed by atoms with E-state index >= 15 is 0 Å². The Morgan fingerprint density at radius 3 is 2.00 bits per heavy atom. The summed E-state index contributed by atoms with van der Waals surface area (Å²) in [5, 5.41) is 8.29. The number of rotatable bonds is 6. The second-order valence-electron chi connectivity index (χ2n) is 2.86. The van der Waals surface area contributed by atoms with E-state index in [1.54, 1.807) is 0 Å². The van der Waals surface area contributed by atoms with Gasteiger partial charge in [0.1, 0.15) is 0 Å². The van der Waals surface area contributed by atoms with Crippen molar-refractivity contribution in [3.05, 3.63) is 12.7 Å². The average Bonchev–Trinajstić information content (AvgIpc) is 2.08. The van der Waals surface area contributed by atoms with Gasteiger partial charge in [0, 0.05) is 6.61 Å². The van der Waals surface area contributed by atoms with Crippen LogP contribution in [0.5, 0.6) is 0 Å². The molecule has 0 spiro atoms. The first-order valence-corrected chi connectivity index (χ1v) is 5.05. The topological polar surface area (TPSA) is 20.2 Å². The molecule has 0 aromatic heterocycles. The summed E-state index contributed by atoms with van der Waals surface area (Å²) in [7, 11) is 0. The average molecular weight is 172 g/mol. The molecule has 12 heavy (non-hydrogen) atoms. The minimum atomic E-state index is 0.361. The SMILES string of the molecule is C=CCCC.CCCCCCO. The van der Waals surface area contributed by atoms with E-state index in [0.717, 1.165) is 12.8 Å². The maximum Gasteiger partial charge on any atom is 0.0431 e. The summed E-state index contributed by atoms with van der Waals surface area (Å²) in [6.07, 6.45) is 8.99. The number of hydrogen-bond acceptors (Lipinski definition) is 1. The Balaban J connectivity index is 0. The highest BCUT2D eigenvalue weighted by atomic mass is 16.2. The highest BCUT2D eigenvalue weighted by Gasteiger charge is 1.80. The van der Waals surface area contributed by atoms with Crippen molar-refractivity contribution in [2.45, 2.75) is 52.4 Å². The fourth-order valence-electron chi connectivity index (χ4n) is 0.743. The second-order valence-corrected chi connectivity index (χ2v) is 2.86. The molecular weight excluding hydrogens is 148 g/mol. The Morgan fingerprint density at radius 2 is 1.75 bits per heavy atom. The highest BCUT2D eigenvalue weighted by molar-refractivity contribution is 4.63. The Kier molecular flexibility index (Phi) is 20.1. The van der Waals surface area contributed by atoms with Gasteiger partial charge in [-0.3, -0.25) is 0 Å². The highest BCUT2D eigenvalue weighted by Crippen LogP contribution is 1.96. The molecule has 0 fully saturated rings. The van der Waals surface area contributed by atoms with Crippen LogP contribution in [0.2, 0.25) is 0 Å². The van der Waals surface area contributed by atoms with E-state index in [2.05, 4.69) is 20.4 Å². The fourth-order valence-corrected chi connectivity index (χ4v) is 0.743. The van der Waals surface area contributed by atoms with Crippen LogP contribution in [0.15, 0.2) is 12.7 Å². The molecule has 0 aliphatic rings. The first-order chi connectivity index (χ1) is 5.83. The van der Waals surface area contributed by atoms with Crippen LogP contribution >= 0.6 is 0 Å². The van der Waals surface area contributed by atoms with Gasteiger partial charge in [-0.25, -0.2) is 0 Å². The molecule has 0 rings (SSSR count). The van der Waals surface area contributed by atoms with Crippen molar-refractivity contribution in [1.82, 2.24) is 0 Å². The van der Waals surface area contributed by atoms with Gasteiger partial charge in [0.2, 0.25) is 0 Å². The Morgan fingerprint density at radius 1 is 1.08 bits per heavy atom. The van der Waals surface area contributed by atoms with E-state index in [-0.39, 0.29) is 0 Å². The van der Waals surface area contributed by atoms with E-state index < -0.39 is 0 Å². The summed E-state index contributed by atoms with van der Waals surface area (Å²) in [5.74, 6) is 0. The van der Waals surface area contributed by atoms with Gasteiger partial charge < -0.3 is 5.11 Å². The molecule has 0 heterocycles. The molecule has 1 nitrogen and oxygen atoms in total. The minimum absolute atomic E-state index is 0.361. The van der Waals surface area contributed by atoms with Gasteiger partial charge in [-0.05, 0) is 12.8 Å². The molecule has 0 bridgehead atoms. The van der Waals surface area contributed by atoms with Crippen LogP contribution in [0.3, 0.4) is 0 Å². The van der Waals surface area contributed by atoms with Crippen LogP contribution in [0, 0.1) is 0 Å². The number of aliphatic hydroxyl groups excluding tert-OH is 1. The Labute approximate surface area is 77.5 Å². The van der Waals surface area contributed by atoms with Crippen LogP contribution in [-0.2, 0) is 0 Å². The Hall–Kier alpha value is -0.300. The summed E-state index contributed by atoms with van der Waals surface area (Å²) in [4.78, 5) is 0. The van der Waals surface area contributed by atoms with E-state index in [0.29, 0.717) is 6.61 Å². The number of aliphatic hydroxyl groups is 1. The van der Waals surface area contributed by atoms with Gasteiger partial charge >= 0.3 is 0 Å². The lowest BCUT2D eigenvalue weighted by Gasteiger charge is -1.90. The predicted octanol–water partition coefficient (Wildman–Crippen LogP) is 3.53. The summed E-state index contributed by atoms with van der Waals surface area (Å²) in [5.41, 5.74) is 0. The third kappa shape index (κ3) is 22.6. The first kappa shape index (κ1) is 14.2. The zero-order valence-electron chi connectivity index (χ0n) is 8.68. The molecule has 0 radical (unpaired) electrons. The first-order valence-electron chi connectivity index (χ1n) is 5.05. The normalized spacial score (nSPS) is 8.58. The summed E-state index contributed by atoms with van der Waals surface area (Å²) < 4.78 is 0. The van der Waals surface area contributed by atoms with E-state index in [9.17, 15) is 0 Å². The Bertz CT molecular complexity index is 65.4. The van der Waals surface area contributed by atoms with Gasteiger partial charge in [0.25, 0.3) is 0 Å². The van der Waals surface area contributed by atoms with Crippen molar-refractivity contribution in [1.29, 1.82) is 0 Å². The van der Waals surface area contributed by atoms with Crippen molar-refractivity contribution in [2.75, 3.05) is 6.61 Å². The fraction of sp³-hybridized carbons (Fsp3) is 0.818. The van der Waals surface area contributed by atoms with Crippen molar-refractivity contribution < 1.29 is 5.11 Å². The quantitative estimate of drug-likeness (QED) is 0.480. The van der Waals surface area contributed by atoms with E-state index in [1.807, 2.05) is 6.08 Å². The zero-order valence-corrected chi connectivity index (χ0v) is 8.68. The number of allylic oxidation sites excluding steroid dienone is 1. The molecule has 1 heteroatoms. The largest absolute Gasteiger partial charge is 0.396 e. The molecule has 0 aliphatic heterocycles. The van der Waals surface area contributed by atoms with Gasteiger partial charge in [0.15, 0.2) is 0 Å². The molecule has 1 N–H and O–H groups in total. The third-order valence-corrected chi connectivity index (χ3v) is 1.50. The molecule has 0 unspecified atom stereocenters. The molecule has 0 saturated heterocycles. The van der Waals surface area contributed by atoms with Crippen molar-refractivity contribution in [3.63, 3.8) is 0 Å². The summed E-state index contributed by atoms with van der Waals surface area (Å²) >= 11 is 0. The molecule has 0 amide bonds. The smallest absolute Gasteiger partial charge is 0.0431 e. The van der Waals surface area contributed by atoms with Crippen LogP contribution in [0.4, 0.5) is 0 Å². The number of unbranched alkanes of at least 4 members (excludes halogenated alkanes) is 4. The monoisotopic (exact) mass is 172 g/mol. The lowest BCUT2D eigenvalue weighted by Crippen LogP contribution is -1.80. The minimum Gasteiger partial charge on any atom is -0.396 e. The molecule has 0 aliphatic carbocycles. The molecular formula is C11H24O. The van der Waals surface area contributed by atoms with Crippen LogP contribution < -0.4 is 0 Å². The second kappa shape index (κ2) is 17.0.